The highest BCUT2D eigenvalue weighted by molar-refractivity contribution is 5.92. The fourth-order valence-electron chi connectivity index (χ4n) is 3.50. The van der Waals surface area contributed by atoms with E-state index in [2.05, 4.69) is 15.8 Å². The van der Waals surface area contributed by atoms with Gasteiger partial charge in [-0.2, -0.15) is 18.3 Å². The van der Waals surface area contributed by atoms with Crippen LogP contribution >= 0.6 is 0 Å². The number of hydrazone groups is 1. The van der Waals surface area contributed by atoms with Crippen LogP contribution in [-0.4, -0.2) is 44.0 Å². The Bertz CT molecular complexity index is 1360. The lowest BCUT2D eigenvalue weighted by Gasteiger charge is -2.24. The molecule has 0 spiro atoms. The van der Waals surface area contributed by atoms with Gasteiger partial charge in [0, 0.05) is 5.69 Å². The zero-order valence-electron chi connectivity index (χ0n) is 20.7. The van der Waals surface area contributed by atoms with E-state index < -0.39 is 36.3 Å². The number of nitrogens with zero attached hydrogens (tertiary/aromatic N) is 1. The standard InChI is InChI=1S/C27H24F3N3O6/c1-2-36-23-12-17(14-31-33-26(35)24-15-37-20-8-3-4-9-22(20)39-24)10-11-21(23)38-16-25(34)32-19-7-5-6-18(13-19)27(28,29)30/h3-14,24H,2,15-16H2,1H3,(H,32,34)(H,33,35)/b31-14+. The molecule has 4 rings (SSSR count). The van der Waals surface area contributed by atoms with Gasteiger partial charge in [-0.3, -0.25) is 9.59 Å². The molecule has 39 heavy (non-hydrogen) atoms. The van der Waals surface area contributed by atoms with Gasteiger partial charge in [0.15, 0.2) is 29.6 Å². The molecular weight excluding hydrogens is 519 g/mol. The molecule has 1 unspecified atom stereocenters. The number of carbonyl (C=O) groups is 2. The maximum atomic E-state index is 12.9. The van der Waals surface area contributed by atoms with Crippen molar-refractivity contribution in [3.8, 4) is 23.0 Å². The van der Waals surface area contributed by atoms with Crippen molar-refractivity contribution in [2.75, 3.05) is 25.1 Å². The molecule has 12 heteroatoms. The van der Waals surface area contributed by atoms with Crippen LogP contribution in [0.1, 0.15) is 18.1 Å². The van der Waals surface area contributed by atoms with Crippen LogP contribution in [0.3, 0.4) is 0 Å². The third-order valence-corrected chi connectivity index (χ3v) is 5.29. The predicted molar refractivity (Wildman–Crippen MR) is 135 cm³/mol. The number of amides is 2. The van der Waals surface area contributed by atoms with Gasteiger partial charge >= 0.3 is 6.18 Å². The van der Waals surface area contributed by atoms with E-state index in [-0.39, 0.29) is 18.0 Å². The van der Waals surface area contributed by atoms with Gasteiger partial charge in [-0.25, -0.2) is 5.43 Å². The highest BCUT2D eigenvalue weighted by Gasteiger charge is 2.30. The number of halogens is 3. The summed E-state index contributed by atoms with van der Waals surface area (Å²) in [5, 5.41) is 6.32. The molecule has 204 valence electrons. The summed E-state index contributed by atoms with van der Waals surface area (Å²) in [5.41, 5.74) is 2.08. The number of para-hydroxylation sites is 2. The van der Waals surface area contributed by atoms with Gasteiger partial charge in [0.05, 0.1) is 18.4 Å². The first-order valence-corrected chi connectivity index (χ1v) is 11.8. The lowest BCUT2D eigenvalue weighted by Crippen LogP contribution is -2.42. The number of ether oxygens (including phenoxy) is 4. The maximum Gasteiger partial charge on any atom is 0.416 e. The monoisotopic (exact) mass is 543 g/mol. The average molecular weight is 543 g/mol. The van der Waals surface area contributed by atoms with Crippen LogP contribution in [-0.2, 0) is 15.8 Å². The third kappa shape index (κ3) is 7.40. The van der Waals surface area contributed by atoms with Crippen LogP contribution in [0.2, 0.25) is 0 Å². The first-order chi connectivity index (χ1) is 18.7. The smallest absolute Gasteiger partial charge is 0.416 e. The van der Waals surface area contributed by atoms with Crippen LogP contribution < -0.4 is 29.7 Å². The maximum absolute atomic E-state index is 12.9. The normalized spacial score (nSPS) is 14.5. The third-order valence-electron chi connectivity index (χ3n) is 5.29. The van der Waals surface area contributed by atoms with Crippen molar-refractivity contribution >= 4 is 23.7 Å². The highest BCUT2D eigenvalue weighted by Crippen LogP contribution is 2.32. The molecular formula is C27H24F3N3O6. The van der Waals surface area contributed by atoms with Crippen molar-refractivity contribution in [1.29, 1.82) is 0 Å². The molecule has 1 aliphatic heterocycles. The molecule has 3 aromatic carbocycles. The molecule has 1 heterocycles. The predicted octanol–water partition coefficient (Wildman–Crippen LogP) is 4.41. The molecule has 0 saturated carbocycles. The number of fused-ring (bicyclic) bond motifs is 1. The van der Waals surface area contributed by atoms with E-state index in [1.807, 2.05) is 0 Å². The highest BCUT2D eigenvalue weighted by atomic mass is 19.4. The van der Waals surface area contributed by atoms with E-state index in [1.165, 1.54) is 18.3 Å². The second kappa shape index (κ2) is 12.2. The zero-order chi connectivity index (χ0) is 27.8. The Morgan fingerprint density at radius 2 is 1.82 bits per heavy atom. The molecule has 9 nitrogen and oxygen atoms in total. The van der Waals surface area contributed by atoms with E-state index in [1.54, 1.807) is 49.4 Å². The van der Waals surface area contributed by atoms with Crippen molar-refractivity contribution < 1.29 is 41.7 Å². The summed E-state index contributed by atoms with van der Waals surface area (Å²) in [6, 6.07) is 16.1. The lowest BCUT2D eigenvalue weighted by atomic mass is 10.2. The average Bonchev–Trinajstić information content (AvgIpc) is 2.92. The Kier molecular flexibility index (Phi) is 8.54. The first-order valence-electron chi connectivity index (χ1n) is 11.8. The fourth-order valence-corrected chi connectivity index (χ4v) is 3.50. The molecule has 0 aromatic heterocycles. The van der Waals surface area contributed by atoms with Gasteiger partial charge in [0.25, 0.3) is 11.8 Å². The van der Waals surface area contributed by atoms with E-state index >= 15 is 0 Å². The van der Waals surface area contributed by atoms with E-state index in [0.29, 0.717) is 29.4 Å². The molecule has 0 fully saturated rings. The number of hydrogen-bond donors (Lipinski definition) is 2. The minimum absolute atomic E-state index is 0.00791. The van der Waals surface area contributed by atoms with Crippen LogP contribution in [0.25, 0.3) is 0 Å². The molecule has 3 aromatic rings. The zero-order valence-corrected chi connectivity index (χ0v) is 20.7. The van der Waals surface area contributed by atoms with Crippen molar-refractivity contribution in [3.63, 3.8) is 0 Å². The van der Waals surface area contributed by atoms with Crippen molar-refractivity contribution in [1.82, 2.24) is 5.43 Å². The second-order valence-electron chi connectivity index (χ2n) is 8.15. The Morgan fingerprint density at radius 1 is 1.03 bits per heavy atom. The SMILES string of the molecule is CCOc1cc(/C=N/NC(=O)C2COc3ccccc3O2)ccc1OCC(=O)Nc1cccc(C(F)(F)F)c1. The van der Waals surface area contributed by atoms with Gasteiger partial charge in [-0.1, -0.05) is 18.2 Å². The Hall–Kier alpha value is -4.74. The fraction of sp³-hybridized carbons (Fsp3) is 0.222. The first kappa shape index (κ1) is 27.3. The molecule has 2 N–H and O–H groups in total. The summed E-state index contributed by atoms with van der Waals surface area (Å²) in [4.78, 5) is 24.6. The van der Waals surface area contributed by atoms with E-state index in [0.717, 1.165) is 12.1 Å². The summed E-state index contributed by atoms with van der Waals surface area (Å²) in [6.07, 6.45) is -4.00. The van der Waals surface area contributed by atoms with Gasteiger partial charge in [-0.15, -0.1) is 0 Å². The van der Waals surface area contributed by atoms with Crippen molar-refractivity contribution in [2.24, 2.45) is 5.10 Å². The summed E-state index contributed by atoms with van der Waals surface area (Å²) in [7, 11) is 0. The quantitative estimate of drug-likeness (QED) is 0.306. The molecule has 0 bridgehead atoms. The molecule has 0 aliphatic carbocycles. The van der Waals surface area contributed by atoms with Gasteiger partial charge in [0.2, 0.25) is 6.10 Å². The number of alkyl halides is 3. The summed E-state index contributed by atoms with van der Waals surface area (Å²) in [6.45, 7) is 1.63. The molecule has 2 amide bonds. The Morgan fingerprint density at radius 3 is 2.59 bits per heavy atom. The number of anilines is 1. The van der Waals surface area contributed by atoms with Crippen molar-refractivity contribution in [2.45, 2.75) is 19.2 Å². The minimum Gasteiger partial charge on any atom is -0.490 e. The number of carbonyl (C=O) groups excluding carboxylic acids is 2. The second-order valence-corrected chi connectivity index (χ2v) is 8.15. The summed E-state index contributed by atoms with van der Waals surface area (Å²) < 4.78 is 60.9. The molecule has 0 radical (unpaired) electrons. The number of rotatable bonds is 9. The summed E-state index contributed by atoms with van der Waals surface area (Å²) >= 11 is 0. The molecule has 0 saturated heterocycles. The number of benzene rings is 3. The molecule has 1 atom stereocenters. The van der Waals surface area contributed by atoms with Gasteiger partial charge in [-0.05, 0) is 61.0 Å². The Labute approximate surface area is 221 Å². The van der Waals surface area contributed by atoms with E-state index in [4.69, 9.17) is 18.9 Å². The van der Waals surface area contributed by atoms with Gasteiger partial charge in [0.1, 0.15) is 6.61 Å². The number of nitrogens with one attached hydrogen (secondary N) is 2. The van der Waals surface area contributed by atoms with Crippen LogP contribution in [0.5, 0.6) is 23.0 Å². The van der Waals surface area contributed by atoms with Crippen LogP contribution in [0.4, 0.5) is 18.9 Å². The summed E-state index contributed by atoms with van der Waals surface area (Å²) in [5.74, 6) is 0.431. The Balaban J connectivity index is 1.32. The van der Waals surface area contributed by atoms with Gasteiger partial charge < -0.3 is 24.3 Å². The topological polar surface area (TPSA) is 107 Å². The van der Waals surface area contributed by atoms with E-state index in [9.17, 15) is 22.8 Å². The number of hydrogen-bond acceptors (Lipinski definition) is 7. The largest absolute Gasteiger partial charge is 0.490 e. The van der Waals surface area contributed by atoms with Crippen LogP contribution in [0, 0.1) is 0 Å². The van der Waals surface area contributed by atoms with Crippen molar-refractivity contribution in [3.05, 3.63) is 77.9 Å². The lowest BCUT2D eigenvalue weighted by molar-refractivity contribution is -0.137. The minimum atomic E-state index is -4.53. The van der Waals surface area contributed by atoms with Crippen LogP contribution in [0.15, 0.2) is 71.8 Å². The molecule has 1 aliphatic rings.